The Kier molecular flexibility index (Phi) is 5.76. The molecule has 32 heavy (non-hydrogen) atoms. The number of benzene rings is 2. The lowest BCUT2D eigenvalue weighted by molar-refractivity contribution is -0.136. The maximum absolute atomic E-state index is 13.3. The minimum Gasteiger partial charge on any atom is -0.322 e. The molecule has 3 aliphatic rings. The van der Waals surface area contributed by atoms with Gasteiger partial charge in [-0.05, 0) is 36.1 Å². The predicted molar refractivity (Wildman–Crippen MR) is 120 cm³/mol. The van der Waals surface area contributed by atoms with Crippen molar-refractivity contribution in [1.29, 1.82) is 0 Å². The summed E-state index contributed by atoms with van der Waals surface area (Å²) in [5.74, 6) is -0.382. The molecule has 2 aromatic rings. The second-order valence-electron chi connectivity index (χ2n) is 8.85. The van der Waals surface area contributed by atoms with Crippen LogP contribution in [0.4, 0.5) is 0 Å². The topological polar surface area (TPSA) is 90.5 Å². The summed E-state index contributed by atoms with van der Waals surface area (Å²) >= 11 is 0. The van der Waals surface area contributed by atoms with Crippen LogP contribution in [-0.4, -0.2) is 47.8 Å². The van der Waals surface area contributed by atoms with Crippen LogP contribution in [0.3, 0.4) is 0 Å². The molecule has 7 nitrogen and oxygen atoms in total. The van der Waals surface area contributed by atoms with Gasteiger partial charge in [-0.15, -0.1) is 0 Å². The number of nitrogens with zero attached hydrogens (tertiary/aromatic N) is 1. The van der Waals surface area contributed by atoms with Gasteiger partial charge in [-0.2, -0.15) is 0 Å². The minimum absolute atomic E-state index is 0.114. The van der Waals surface area contributed by atoms with Gasteiger partial charge in [-0.25, -0.2) is 0 Å². The molecule has 3 unspecified atom stereocenters. The second kappa shape index (κ2) is 8.84. The molecule has 3 atom stereocenters. The molecule has 3 aliphatic heterocycles. The van der Waals surface area contributed by atoms with E-state index in [1.807, 2.05) is 24.3 Å². The smallest absolute Gasteiger partial charge is 0.255 e. The summed E-state index contributed by atoms with van der Waals surface area (Å²) in [5.41, 5.74) is 3.93. The Morgan fingerprint density at radius 1 is 1.00 bits per heavy atom. The number of carbonyl (C=O) groups excluding carboxylic acids is 3. The van der Waals surface area contributed by atoms with Gasteiger partial charge in [0.2, 0.25) is 11.8 Å². The largest absolute Gasteiger partial charge is 0.322 e. The lowest BCUT2D eigenvalue weighted by Crippen LogP contribution is -2.52. The fourth-order valence-electron chi connectivity index (χ4n) is 5.23. The normalized spacial score (nSPS) is 25.6. The van der Waals surface area contributed by atoms with Gasteiger partial charge >= 0.3 is 0 Å². The zero-order valence-electron chi connectivity index (χ0n) is 18.0. The highest BCUT2D eigenvalue weighted by molar-refractivity contribution is 6.06. The number of amides is 3. The first-order valence-corrected chi connectivity index (χ1v) is 11.4. The van der Waals surface area contributed by atoms with E-state index in [0.29, 0.717) is 37.0 Å². The fraction of sp³-hybridized carbons (Fsp3) is 0.400. The lowest BCUT2D eigenvalue weighted by Gasteiger charge is -2.33. The summed E-state index contributed by atoms with van der Waals surface area (Å²) < 4.78 is 0. The van der Waals surface area contributed by atoms with Crippen molar-refractivity contribution < 1.29 is 14.4 Å². The quantitative estimate of drug-likeness (QED) is 0.626. The molecule has 166 valence electrons. The van der Waals surface area contributed by atoms with Crippen LogP contribution in [-0.2, 0) is 22.7 Å². The van der Waals surface area contributed by atoms with Crippen LogP contribution in [0, 0.1) is 0 Å². The number of piperidine rings is 2. The molecular weight excluding hydrogens is 404 g/mol. The highest BCUT2D eigenvalue weighted by Gasteiger charge is 2.40. The van der Waals surface area contributed by atoms with Crippen molar-refractivity contribution in [2.75, 3.05) is 13.1 Å². The average molecular weight is 433 g/mol. The van der Waals surface area contributed by atoms with Crippen molar-refractivity contribution in [2.45, 2.75) is 50.4 Å². The maximum Gasteiger partial charge on any atom is 0.255 e. The summed E-state index contributed by atoms with van der Waals surface area (Å²) in [7, 11) is 0. The van der Waals surface area contributed by atoms with E-state index >= 15 is 0 Å². The number of carbonyl (C=O) groups is 3. The third-order valence-corrected chi connectivity index (χ3v) is 6.90. The molecule has 0 radical (unpaired) electrons. The SMILES string of the molecule is O=C1CCC(N2Cc3cccc(CNC4CCNCC4c4ccccc4)c3C2=O)C(=O)N1. The third-order valence-electron chi connectivity index (χ3n) is 6.90. The monoisotopic (exact) mass is 432 g/mol. The third kappa shape index (κ3) is 3.94. The number of fused-ring (bicyclic) bond motifs is 1. The first-order valence-electron chi connectivity index (χ1n) is 11.4. The van der Waals surface area contributed by atoms with Crippen molar-refractivity contribution in [1.82, 2.24) is 20.9 Å². The molecule has 0 saturated carbocycles. The molecule has 0 spiro atoms. The van der Waals surface area contributed by atoms with E-state index in [-0.39, 0.29) is 24.1 Å². The van der Waals surface area contributed by atoms with Crippen LogP contribution in [0.25, 0.3) is 0 Å². The van der Waals surface area contributed by atoms with Crippen LogP contribution in [0.15, 0.2) is 48.5 Å². The van der Waals surface area contributed by atoms with E-state index in [1.54, 1.807) is 4.90 Å². The molecule has 5 rings (SSSR count). The molecule has 3 amide bonds. The number of nitrogens with one attached hydrogen (secondary N) is 3. The molecule has 7 heteroatoms. The highest BCUT2D eigenvalue weighted by atomic mass is 16.2. The Hall–Kier alpha value is -3.03. The first-order chi connectivity index (χ1) is 15.6. The van der Waals surface area contributed by atoms with Crippen molar-refractivity contribution in [3.8, 4) is 0 Å². The van der Waals surface area contributed by atoms with Crippen LogP contribution in [0.1, 0.15) is 52.2 Å². The van der Waals surface area contributed by atoms with E-state index < -0.39 is 6.04 Å². The van der Waals surface area contributed by atoms with Crippen molar-refractivity contribution in [3.63, 3.8) is 0 Å². The number of hydrogen-bond donors (Lipinski definition) is 3. The number of imide groups is 1. The van der Waals surface area contributed by atoms with E-state index in [9.17, 15) is 14.4 Å². The average Bonchev–Trinajstić information content (AvgIpc) is 3.15. The Balaban J connectivity index is 1.32. The van der Waals surface area contributed by atoms with Crippen LogP contribution in [0.5, 0.6) is 0 Å². The molecule has 2 saturated heterocycles. The zero-order valence-corrected chi connectivity index (χ0v) is 18.0. The minimum atomic E-state index is -0.583. The molecule has 3 N–H and O–H groups in total. The standard InChI is InChI=1S/C25H28N4O3/c30-22-10-9-21(24(31)28-22)29-15-18-8-4-7-17(23(18)25(29)32)13-27-20-11-12-26-14-19(20)16-5-2-1-3-6-16/h1-8,19-21,26-27H,9-15H2,(H,28,30,31). The van der Waals surface area contributed by atoms with Gasteiger partial charge < -0.3 is 15.5 Å². The Morgan fingerprint density at radius 2 is 1.84 bits per heavy atom. The Bertz CT molecular complexity index is 1040. The summed E-state index contributed by atoms with van der Waals surface area (Å²) in [4.78, 5) is 38.8. The van der Waals surface area contributed by atoms with Crippen LogP contribution >= 0.6 is 0 Å². The van der Waals surface area contributed by atoms with Crippen LogP contribution in [0.2, 0.25) is 0 Å². The molecule has 2 fully saturated rings. The lowest BCUT2D eigenvalue weighted by atomic mass is 9.86. The molecule has 2 aromatic carbocycles. The molecule has 3 heterocycles. The predicted octanol–water partition coefficient (Wildman–Crippen LogP) is 1.68. The zero-order chi connectivity index (χ0) is 22.1. The fourth-order valence-corrected chi connectivity index (χ4v) is 5.23. The molecule has 0 bridgehead atoms. The maximum atomic E-state index is 13.3. The summed E-state index contributed by atoms with van der Waals surface area (Å²) in [5, 5.41) is 9.57. The summed E-state index contributed by atoms with van der Waals surface area (Å²) in [6.07, 6.45) is 1.66. The van der Waals surface area contributed by atoms with E-state index in [1.165, 1.54) is 5.56 Å². The van der Waals surface area contributed by atoms with E-state index in [2.05, 4.69) is 40.2 Å². The van der Waals surface area contributed by atoms with Gasteiger partial charge in [0, 0.05) is 43.6 Å². The number of hydrogen-bond acceptors (Lipinski definition) is 5. The van der Waals surface area contributed by atoms with Gasteiger partial charge in [-0.3, -0.25) is 19.7 Å². The summed E-state index contributed by atoms with van der Waals surface area (Å²) in [6.45, 7) is 2.91. The van der Waals surface area contributed by atoms with Gasteiger partial charge in [-0.1, -0.05) is 48.5 Å². The Morgan fingerprint density at radius 3 is 2.66 bits per heavy atom. The van der Waals surface area contributed by atoms with Gasteiger partial charge in [0.25, 0.3) is 5.91 Å². The number of rotatable bonds is 5. The molecule has 0 aromatic heterocycles. The summed E-state index contributed by atoms with van der Waals surface area (Å²) in [6, 6.07) is 16.2. The molecule has 0 aliphatic carbocycles. The Labute approximate surface area is 187 Å². The van der Waals surface area contributed by atoms with Crippen molar-refractivity contribution >= 4 is 17.7 Å². The first kappa shape index (κ1) is 20.8. The van der Waals surface area contributed by atoms with Crippen molar-refractivity contribution in [3.05, 3.63) is 70.8 Å². The second-order valence-corrected chi connectivity index (χ2v) is 8.85. The van der Waals surface area contributed by atoms with Gasteiger partial charge in [0.15, 0.2) is 0 Å². The van der Waals surface area contributed by atoms with Gasteiger partial charge in [0.1, 0.15) is 6.04 Å². The van der Waals surface area contributed by atoms with Gasteiger partial charge in [0.05, 0.1) is 0 Å². The van der Waals surface area contributed by atoms with Crippen molar-refractivity contribution in [2.24, 2.45) is 0 Å². The molecular formula is C25H28N4O3. The van der Waals surface area contributed by atoms with E-state index in [4.69, 9.17) is 0 Å². The highest BCUT2D eigenvalue weighted by Crippen LogP contribution is 2.30. The van der Waals surface area contributed by atoms with Crippen LogP contribution < -0.4 is 16.0 Å². The van der Waals surface area contributed by atoms with E-state index in [0.717, 1.165) is 30.6 Å².